The van der Waals surface area contributed by atoms with Gasteiger partial charge in [-0.2, -0.15) is 5.26 Å². The van der Waals surface area contributed by atoms with E-state index in [0.717, 1.165) is 49.2 Å². The highest BCUT2D eigenvalue weighted by molar-refractivity contribution is 5.96. The number of nitrogens with one attached hydrogen (secondary N) is 1. The van der Waals surface area contributed by atoms with Crippen LogP contribution in [0, 0.1) is 11.3 Å². The van der Waals surface area contributed by atoms with Gasteiger partial charge >= 0.3 is 0 Å². The Morgan fingerprint density at radius 1 is 1.02 bits per heavy atom. The lowest BCUT2D eigenvalue weighted by Gasteiger charge is -2.32. The number of anilines is 2. The fraction of sp³-hybridized carbons (Fsp3) is 0.267. The minimum absolute atomic E-state index is 0.0109. The number of piperidine rings is 1. The first kappa shape index (κ1) is 22.0. The Kier molecular flexibility index (Phi) is 6.09. The summed E-state index contributed by atoms with van der Waals surface area (Å²) in [6.45, 7) is -0.516. The summed E-state index contributed by atoms with van der Waals surface area (Å²) in [7, 11) is 0. The van der Waals surface area contributed by atoms with Gasteiger partial charge in [0, 0.05) is 54.1 Å². The number of likely N-dealkylation sites (tertiary alicyclic amines) is 1. The summed E-state index contributed by atoms with van der Waals surface area (Å²) in [5.41, 5.74) is 3.67. The van der Waals surface area contributed by atoms with Gasteiger partial charge in [-0.15, -0.1) is 0 Å². The van der Waals surface area contributed by atoms with Gasteiger partial charge in [-0.05, 0) is 24.5 Å². The number of ether oxygens (including phenoxy) is 1. The van der Waals surface area contributed by atoms with Crippen LogP contribution in [0.5, 0.6) is 5.88 Å². The van der Waals surface area contributed by atoms with Crippen LogP contribution in [-0.2, 0) is 11.3 Å². The Morgan fingerprint density at radius 3 is 2.52 bits per heavy atom. The van der Waals surface area contributed by atoms with E-state index in [1.54, 1.807) is 12.3 Å². The quantitative estimate of drug-likeness (QED) is 0.392. The zero-order valence-corrected chi connectivity index (χ0v) is 21.6. The van der Waals surface area contributed by atoms with Crippen molar-refractivity contribution in [2.24, 2.45) is 0 Å². The molecular weight excluding hydrogens is 504 g/mol. The molecular formula is C30H28N8O2. The van der Waals surface area contributed by atoms with Crippen molar-refractivity contribution in [3.63, 3.8) is 0 Å². The number of benzene rings is 2. The van der Waals surface area contributed by atoms with Gasteiger partial charge in [0.15, 0.2) is 12.4 Å². The topological polar surface area (TPSA) is 120 Å². The van der Waals surface area contributed by atoms with Crippen molar-refractivity contribution < 1.29 is 13.6 Å². The van der Waals surface area contributed by atoms with Gasteiger partial charge in [-0.3, -0.25) is 14.6 Å². The minimum Gasteiger partial charge on any atom is -0.465 e. The van der Waals surface area contributed by atoms with Crippen molar-refractivity contribution in [1.82, 2.24) is 24.8 Å². The van der Waals surface area contributed by atoms with Crippen LogP contribution in [0.3, 0.4) is 0 Å². The minimum atomic E-state index is -2.72. The zero-order valence-electron chi connectivity index (χ0n) is 24.6. The molecule has 4 heterocycles. The van der Waals surface area contributed by atoms with Gasteiger partial charge < -0.3 is 10.1 Å². The van der Waals surface area contributed by atoms with E-state index < -0.39 is 19.5 Å². The molecule has 6 rings (SSSR count). The first-order valence-electron chi connectivity index (χ1n) is 14.5. The number of likely N-dealkylation sites (N-methyl/N-ethyl adjacent to an activating group) is 1. The molecule has 2 aromatic carbocycles. The summed E-state index contributed by atoms with van der Waals surface area (Å²) in [4.78, 5) is 33.0. The molecule has 10 nitrogen and oxygen atoms in total. The number of nitrogens with zero attached hydrogens (tertiary/aromatic N) is 7. The summed E-state index contributed by atoms with van der Waals surface area (Å²) in [5, 5.41) is 12.4. The first-order valence-corrected chi connectivity index (χ1v) is 13.0. The van der Waals surface area contributed by atoms with Crippen LogP contribution in [0.4, 0.5) is 11.6 Å². The predicted molar refractivity (Wildman–Crippen MR) is 150 cm³/mol. The molecule has 2 aliphatic heterocycles. The molecule has 0 aliphatic carbocycles. The number of hydrogen-bond acceptors (Lipinski definition) is 9. The largest absolute Gasteiger partial charge is 0.465 e. The molecule has 1 amide bonds. The van der Waals surface area contributed by atoms with E-state index in [4.69, 9.17) is 14.1 Å². The van der Waals surface area contributed by atoms with Crippen LogP contribution >= 0.6 is 0 Å². The van der Waals surface area contributed by atoms with E-state index in [2.05, 4.69) is 42.3 Å². The number of carbonyl (C=O) groups excluding carboxylic acids is 1. The second-order valence-electron chi connectivity index (χ2n) is 9.70. The number of amides is 1. The second-order valence-corrected chi connectivity index (χ2v) is 9.70. The fourth-order valence-corrected chi connectivity index (χ4v) is 4.93. The van der Waals surface area contributed by atoms with Crippen LogP contribution in [0.25, 0.3) is 22.5 Å². The maximum Gasteiger partial charge on any atom is 0.266 e. The lowest BCUT2D eigenvalue weighted by Crippen LogP contribution is -2.38. The normalized spacial score (nSPS) is 17.1. The molecule has 40 heavy (non-hydrogen) atoms. The smallest absolute Gasteiger partial charge is 0.266 e. The van der Waals surface area contributed by atoms with E-state index in [-0.39, 0.29) is 23.6 Å². The van der Waals surface area contributed by atoms with Crippen molar-refractivity contribution in [2.75, 3.05) is 36.9 Å². The van der Waals surface area contributed by atoms with E-state index in [1.807, 2.05) is 48.5 Å². The predicted octanol–water partition coefficient (Wildman–Crippen LogP) is 3.90. The van der Waals surface area contributed by atoms with Crippen LogP contribution in [0.1, 0.15) is 28.3 Å². The van der Waals surface area contributed by atoms with Crippen molar-refractivity contribution in [1.29, 1.82) is 5.26 Å². The summed E-state index contributed by atoms with van der Waals surface area (Å²) in [6.07, 6.45) is 3.49. The molecule has 4 aromatic rings. The van der Waals surface area contributed by atoms with Gasteiger partial charge in [-0.25, -0.2) is 19.9 Å². The number of carbonyl (C=O) groups is 1. The Bertz CT molecular complexity index is 1670. The molecule has 0 spiro atoms. The second kappa shape index (κ2) is 11.1. The molecule has 2 aromatic heterocycles. The van der Waals surface area contributed by atoms with Gasteiger partial charge in [-0.1, -0.05) is 54.6 Å². The van der Waals surface area contributed by atoms with Crippen LogP contribution in [-0.4, -0.2) is 63.5 Å². The summed E-state index contributed by atoms with van der Waals surface area (Å²) in [6, 6.07) is 21.4. The van der Waals surface area contributed by atoms with E-state index in [9.17, 15) is 4.79 Å². The molecule has 2 aliphatic rings. The molecule has 0 radical (unpaired) electrons. The standard InChI is InChI=1S/C30H28N8O2/c1-37-26(39)19-40-30-29(37)35-27(21-5-3-2-4-6-21)28(36-30)22-9-7-20(8-10-22)18-38-15-12-23(13-16-38)33-24-11-14-32-25(17-31)34-24/h2-11,14,23H,12-13,15-16,18-19H2,1H3,(H,32,33,34)/i1D3. The molecule has 0 bridgehead atoms. The molecule has 200 valence electrons. The van der Waals surface area contributed by atoms with Gasteiger partial charge in [0.2, 0.25) is 5.82 Å². The Morgan fingerprint density at radius 2 is 1.77 bits per heavy atom. The number of aromatic nitrogens is 4. The number of hydrogen-bond donors (Lipinski definition) is 1. The van der Waals surface area contributed by atoms with E-state index >= 15 is 0 Å². The zero-order chi connectivity index (χ0) is 30.0. The first-order chi connectivity index (χ1) is 20.8. The Hall–Kier alpha value is -4.88. The average Bonchev–Trinajstić information content (AvgIpc) is 3.01. The third-order valence-electron chi connectivity index (χ3n) is 7.02. The maximum absolute atomic E-state index is 12.5. The van der Waals surface area contributed by atoms with Crippen molar-refractivity contribution >= 4 is 17.5 Å². The van der Waals surface area contributed by atoms with Gasteiger partial charge in [0.25, 0.3) is 11.8 Å². The molecule has 1 N–H and O–H groups in total. The monoisotopic (exact) mass is 535 g/mol. The van der Waals surface area contributed by atoms with Crippen LogP contribution < -0.4 is 15.0 Å². The highest BCUT2D eigenvalue weighted by Crippen LogP contribution is 2.36. The summed E-state index contributed by atoms with van der Waals surface area (Å²) < 4.78 is 29.2. The maximum atomic E-state index is 12.5. The highest BCUT2D eigenvalue weighted by Gasteiger charge is 2.28. The lowest BCUT2D eigenvalue weighted by atomic mass is 10.0. The van der Waals surface area contributed by atoms with E-state index in [1.165, 1.54) is 0 Å². The molecule has 0 saturated carbocycles. The Labute approximate surface area is 236 Å². The van der Waals surface area contributed by atoms with Gasteiger partial charge in [0.05, 0.1) is 5.69 Å². The fourth-order valence-electron chi connectivity index (χ4n) is 4.93. The SMILES string of the molecule is [2H]C([2H])([2H])N1C(=O)COc2nc(-c3ccc(CN4CCC(Nc5ccnc(C#N)n5)CC4)cc3)c(-c3ccccc3)nc21. The van der Waals surface area contributed by atoms with Crippen molar-refractivity contribution in [3.8, 4) is 34.5 Å². The Balaban J connectivity index is 1.19. The highest BCUT2D eigenvalue weighted by atomic mass is 16.5. The third kappa shape index (κ3) is 5.32. The average molecular weight is 536 g/mol. The van der Waals surface area contributed by atoms with Gasteiger partial charge in [0.1, 0.15) is 17.6 Å². The molecule has 1 saturated heterocycles. The van der Waals surface area contributed by atoms with Crippen LogP contribution in [0.15, 0.2) is 66.9 Å². The van der Waals surface area contributed by atoms with Crippen molar-refractivity contribution in [2.45, 2.75) is 25.4 Å². The molecule has 10 heteroatoms. The number of fused-ring (bicyclic) bond motifs is 1. The van der Waals surface area contributed by atoms with E-state index in [0.29, 0.717) is 22.1 Å². The lowest BCUT2D eigenvalue weighted by molar-refractivity contribution is -0.121. The molecule has 0 atom stereocenters. The van der Waals surface area contributed by atoms with Crippen LogP contribution in [0.2, 0.25) is 0 Å². The summed E-state index contributed by atoms with van der Waals surface area (Å²) >= 11 is 0. The van der Waals surface area contributed by atoms with Crippen molar-refractivity contribution in [3.05, 3.63) is 78.2 Å². The summed E-state index contributed by atoms with van der Waals surface area (Å²) in [5.74, 6) is 0.0301. The number of rotatable bonds is 6. The third-order valence-corrected chi connectivity index (χ3v) is 7.02. The molecule has 1 fully saturated rings. The molecule has 0 unspecified atom stereocenters. The number of nitriles is 1.